The van der Waals surface area contributed by atoms with Crippen LogP contribution in [0, 0.1) is 0 Å². The molecule has 0 aromatic heterocycles. The van der Waals surface area contributed by atoms with Gasteiger partial charge in [0.15, 0.2) is 0 Å². The van der Waals surface area contributed by atoms with Crippen molar-refractivity contribution in [2.75, 3.05) is 10.6 Å². The van der Waals surface area contributed by atoms with Crippen LogP contribution in [0.3, 0.4) is 0 Å². The van der Waals surface area contributed by atoms with Crippen molar-refractivity contribution in [3.05, 3.63) is 64.8 Å². The van der Waals surface area contributed by atoms with Gasteiger partial charge in [0.1, 0.15) is 0 Å². The first-order valence-corrected chi connectivity index (χ1v) is 7.66. The minimum Gasteiger partial charge on any atom is -0.399 e. The smallest absolute Gasteiger partial charge is 0.332 e. The van der Waals surface area contributed by atoms with Gasteiger partial charge in [-0.3, -0.25) is 4.79 Å². The van der Waals surface area contributed by atoms with Crippen LogP contribution in [0.15, 0.2) is 59.2 Å². The third-order valence-electron chi connectivity index (χ3n) is 3.02. The van der Waals surface area contributed by atoms with Gasteiger partial charge in [-0.05, 0) is 35.9 Å². The third kappa shape index (κ3) is 4.43. The number of nitrogens with two attached hydrogens (primary N) is 1. The number of nitrogen functional groups attached to an aromatic ring is 1. The van der Waals surface area contributed by atoms with Crippen molar-refractivity contribution in [1.82, 2.24) is 5.32 Å². The Kier molecular flexibility index (Phi) is 5.54. The van der Waals surface area contributed by atoms with Crippen molar-refractivity contribution in [2.24, 2.45) is 0 Å². The number of imide groups is 1. The number of nitrogens with zero attached hydrogens (tertiary/aromatic N) is 1. The van der Waals surface area contributed by atoms with Crippen molar-refractivity contribution >= 4 is 45.3 Å². The fourth-order valence-corrected chi connectivity index (χ4v) is 2.40. The molecule has 0 spiro atoms. The molecule has 118 valence electrons. The van der Waals surface area contributed by atoms with Crippen molar-refractivity contribution in [2.45, 2.75) is 6.92 Å². The van der Waals surface area contributed by atoms with E-state index in [4.69, 9.17) is 5.73 Å². The van der Waals surface area contributed by atoms with Crippen LogP contribution in [0.4, 0.5) is 16.2 Å². The normalized spacial score (nSPS) is 10.5. The summed E-state index contributed by atoms with van der Waals surface area (Å²) in [6, 6.07) is 13.6. The molecule has 0 saturated heterocycles. The lowest BCUT2D eigenvalue weighted by atomic mass is 10.2. The third-order valence-corrected chi connectivity index (χ3v) is 3.74. The summed E-state index contributed by atoms with van der Waals surface area (Å²) in [4.78, 5) is 25.1. The summed E-state index contributed by atoms with van der Waals surface area (Å²) in [5.74, 6) is -0.401. The van der Waals surface area contributed by atoms with E-state index in [9.17, 15) is 9.59 Å². The van der Waals surface area contributed by atoms with E-state index in [1.807, 2.05) is 24.3 Å². The molecule has 3 N–H and O–H groups in total. The summed E-state index contributed by atoms with van der Waals surface area (Å²) in [6.07, 6.45) is 3.23. The number of nitrogens with one attached hydrogen (secondary N) is 1. The summed E-state index contributed by atoms with van der Waals surface area (Å²) in [6.45, 7) is 1.32. The number of rotatable bonds is 3. The lowest BCUT2D eigenvalue weighted by Gasteiger charge is -2.19. The minimum absolute atomic E-state index is 0.401. The SMILES string of the molecule is CC(=O)N(C(=O)N/C=C/c1ccccc1Br)c1cccc(N)c1. The second-order valence-corrected chi connectivity index (χ2v) is 5.61. The highest BCUT2D eigenvalue weighted by Gasteiger charge is 2.19. The Labute approximate surface area is 142 Å². The number of hydrogen-bond acceptors (Lipinski definition) is 3. The minimum atomic E-state index is -0.550. The summed E-state index contributed by atoms with van der Waals surface area (Å²) in [7, 11) is 0. The van der Waals surface area contributed by atoms with Crippen LogP contribution < -0.4 is 16.0 Å². The molecule has 2 aromatic rings. The van der Waals surface area contributed by atoms with Gasteiger partial charge in [0.2, 0.25) is 5.91 Å². The Hall–Kier alpha value is -2.60. The van der Waals surface area contributed by atoms with Crippen LogP contribution in [0.1, 0.15) is 12.5 Å². The van der Waals surface area contributed by atoms with E-state index in [-0.39, 0.29) is 0 Å². The molecule has 2 aromatic carbocycles. The molecule has 0 bridgehead atoms. The first-order valence-electron chi connectivity index (χ1n) is 6.87. The van der Waals surface area contributed by atoms with Crippen LogP contribution in [0.25, 0.3) is 6.08 Å². The van der Waals surface area contributed by atoms with Crippen molar-refractivity contribution < 1.29 is 9.59 Å². The zero-order valence-electron chi connectivity index (χ0n) is 12.5. The van der Waals surface area contributed by atoms with Gasteiger partial charge in [0.25, 0.3) is 0 Å². The Morgan fingerprint density at radius 3 is 2.57 bits per heavy atom. The molecule has 6 heteroatoms. The lowest BCUT2D eigenvalue weighted by molar-refractivity contribution is -0.115. The molecule has 0 fully saturated rings. The van der Waals surface area contributed by atoms with Crippen LogP contribution in [-0.4, -0.2) is 11.9 Å². The molecular formula is C17H16BrN3O2. The van der Waals surface area contributed by atoms with E-state index in [1.165, 1.54) is 13.1 Å². The standard InChI is InChI=1S/C17H16BrN3O2/c1-12(22)21(15-7-4-6-14(19)11-15)17(23)20-10-9-13-5-2-3-8-16(13)18/h2-11H,19H2,1H3,(H,20,23)/b10-9+. The molecule has 0 atom stereocenters. The van der Waals surface area contributed by atoms with Gasteiger partial charge < -0.3 is 11.1 Å². The average molecular weight is 374 g/mol. The van der Waals surface area contributed by atoms with Crippen LogP contribution in [0.5, 0.6) is 0 Å². The molecule has 0 saturated carbocycles. The molecular weight excluding hydrogens is 358 g/mol. The molecule has 0 aliphatic heterocycles. The van der Waals surface area contributed by atoms with Gasteiger partial charge in [0.05, 0.1) is 5.69 Å². The predicted molar refractivity (Wildman–Crippen MR) is 95.7 cm³/mol. The number of carbonyl (C=O) groups excluding carboxylic acids is 2. The highest BCUT2D eigenvalue weighted by molar-refractivity contribution is 9.10. The van der Waals surface area contributed by atoms with Gasteiger partial charge in [0, 0.05) is 23.3 Å². The number of benzene rings is 2. The molecule has 0 radical (unpaired) electrons. The number of halogens is 1. The van der Waals surface area contributed by atoms with E-state index in [1.54, 1.807) is 30.3 Å². The van der Waals surface area contributed by atoms with Crippen molar-refractivity contribution in [1.29, 1.82) is 0 Å². The zero-order chi connectivity index (χ0) is 16.8. The Balaban J connectivity index is 2.14. The average Bonchev–Trinajstić information content (AvgIpc) is 2.49. The van der Waals surface area contributed by atoms with Crippen molar-refractivity contribution in [3.63, 3.8) is 0 Å². The van der Waals surface area contributed by atoms with E-state index >= 15 is 0 Å². The van der Waals surface area contributed by atoms with E-state index < -0.39 is 11.9 Å². The van der Waals surface area contributed by atoms with Crippen LogP contribution >= 0.6 is 15.9 Å². The zero-order valence-corrected chi connectivity index (χ0v) is 14.1. The lowest BCUT2D eigenvalue weighted by Crippen LogP contribution is -2.41. The fraction of sp³-hybridized carbons (Fsp3) is 0.0588. The Bertz CT molecular complexity index is 759. The largest absolute Gasteiger partial charge is 0.399 e. The first kappa shape index (κ1) is 16.8. The van der Waals surface area contributed by atoms with E-state index in [2.05, 4.69) is 21.2 Å². The maximum absolute atomic E-state index is 12.3. The predicted octanol–water partition coefficient (Wildman–Crippen LogP) is 3.76. The molecule has 0 aliphatic rings. The first-order chi connectivity index (χ1) is 11.0. The highest BCUT2D eigenvalue weighted by atomic mass is 79.9. The van der Waals surface area contributed by atoms with Crippen LogP contribution in [0.2, 0.25) is 0 Å². The summed E-state index contributed by atoms with van der Waals surface area (Å²) >= 11 is 3.42. The summed E-state index contributed by atoms with van der Waals surface area (Å²) in [5.41, 5.74) is 7.51. The summed E-state index contributed by atoms with van der Waals surface area (Å²) in [5, 5.41) is 2.58. The number of anilines is 2. The summed E-state index contributed by atoms with van der Waals surface area (Å²) < 4.78 is 0.907. The molecule has 3 amide bonds. The maximum atomic E-state index is 12.3. The fourth-order valence-electron chi connectivity index (χ4n) is 1.98. The number of hydrogen-bond donors (Lipinski definition) is 2. The Morgan fingerprint density at radius 2 is 1.91 bits per heavy atom. The quantitative estimate of drug-likeness (QED) is 0.804. The highest BCUT2D eigenvalue weighted by Crippen LogP contribution is 2.19. The monoisotopic (exact) mass is 373 g/mol. The Morgan fingerprint density at radius 1 is 1.17 bits per heavy atom. The maximum Gasteiger partial charge on any atom is 0.332 e. The molecule has 0 aliphatic carbocycles. The molecule has 23 heavy (non-hydrogen) atoms. The van der Waals surface area contributed by atoms with Gasteiger partial charge in [-0.1, -0.05) is 40.2 Å². The topological polar surface area (TPSA) is 75.4 Å². The second-order valence-electron chi connectivity index (χ2n) is 4.75. The molecule has 2 rings (SSSR count). The van der Waals surface area contributed by atoms with Gasteiger partial charge in [-0.15, -0.1) is 0 Å². The van der Waals surface area contributed by atoms with Crippen molar-refractivity contribution in [3.8, 4) is 0 Å². The number of amides is 3. The molecule has 0 heterocycles. The second kappa shape index (κ2) is 7.60. The molecule has 0 unspecified atom stereocenters. The van der Waals surface area contributed by atoms with E-state index in [0.29, 0.717) is 11.4 Å². The van der Waals surface area contributed by atoms with Gasteiger partial charge in [-0.2, -0.15) is 0 Å². The van der Waals surface area contributed by atoms with Gasteiger partial charge in [-0.25, -0.2) is 9.69 Å². The number of carbonyl (C=O) groups is 2. The van der Waals surface area contributed by atoms with Gasteiger partial charge >= 0.3 is 6.03 Å². The molecule has 5 nitrogen and oxygen atoms in total. The van der Waals surface area contributed by atoms with Crippen LogP contribution in [-0.2, 0) is 4.79 Å². The van der Waals surface area contributed by atoms with E-state index in [0.717, 1.165) is 14.9 Å². The number of urea groups is 1.